The van der Waals surface area contributed by atoms with E-state index in [9.17, 15) is 24.6 Å². The van der Waals surface area contributed by atoms with Crippen LogP contribution in [-0.2, 0) is 19.1 Å². The lowest BCUT2D eigenvalue weighted by atomic mass is 9.91. The Hall–Kier alpha value is -3.07. The van der Waals surface area contributed by atoms with Gasteiger partial charge in [-0.05, 0) is 24.1 Å². The summed E-state index contributed by atoms with van der Waals surface area (Å²) < 4.78 is 5.54. The third kappa shape index (κ3) is 3.33. The number of ether oxygens (including phenoxy) is 1. The first kappa shape index (κ1) is 18.7. The lowest BCUT2D eigenvalue weighted by Gasteiger charge is -2.49. The number of hydrogen-bond acceptors (Lipinski definition) is 6. The van der Waals surface area contributed by atoms with Crippen LogP contribution in [0.4, 0.5) is 0 Å². The lowest BCUT2D eigenvalue weighted by molar-refractivity contribution is -0.161. The summed E-state index contributed by atoms with van der Waals surface area (Å²) in [5, 5.41) is 21.3. The molecular weight excluding hydrogens is 354 g/mol. The molecule has 2 heterocycles. The zero-order chi connectivity index (χ0) is 19.7. The van der Waals surface area contributed by atoms with Crippen molar-refractivity contribution in [2.45, 2.75) is 37.9 Å². The number of nitrogens with zero attached hydrogens (tertiary/aromatic N) is 1. The predicted octanol–water partition coefficient (Wildman–Crippen LogP) is 0.214. The van der Waals surface area contributed by atoms with Gasteiger partial charge < -0.3 is 26.0 Å². The number of carbonyl (C=O) groups is 3. The molecule has 0 unspecified atom stereocenters. The van der Waals surface area contributed by atoms with Crippen LogP contribution in [0.2, 0.25) is 0 Å². The second-order valence-corrected chi connectivity index (χ2v) is 6.47. The van der Waals surface area contributed by atoms with Crippen molar-refractivity contribution in [3.8, 4) is 5.75 Å². The van der Waals surface area contributed by atoms with E-state index in [0.29, 0.717) is 18.4 Å². The number of rotatable bonds is 6. The standard InChI is InChI=1S/C18H21N3O6/c1-2-3-12-15(18(25)26)21-11(8-27-12)14(17(21)24)20-16(23)13(19)9-4-6-10(22)7-5-9/h4-7,11,13-14,22H,2-3,8,19H2,1H3,(H,20,23)(H,25,26)/t11-,13-,14+/m1/s1. The second-order valence-electron chi connectivity index (χ2n) is 6.47. The van der Waals surface area contributed by atoms with Gasteiger partial charge in [-0.2, -0.15) is 0 Å². The molecule has 1 saturated heterocycles. The van der Waals surface area contributed by atoms with Gasteiger partial charge >= 0.3 is 5.97 Å². The summed E-state index contributed by atoms with van der Waals surface area (Å²) in [6.07, 6.45) is 1.10. The largest absolute Gasteiger partial charge is 0.508 e. The molecule has 1 fully saturated rings. The average molecular weight is 375 g/mol. The Morgan fingerprint density at radius 1 is 1.37 bits per heavy atom. The number of allylic oxidation sites excluding steroid dienone is 1. The van der Waals surface area contributed by atoms with Crippen LogP contribution in [0.15, 0.2) is 35.7 Å². The quantitative estimate of drug-likeness (QED) is 0.521. The van der Waals surface area contributed by atoms with Crippen molar-refractivity contribution >= 4 is 17.8 Å². The maximum Gasteiger partial charge on any atom is 0.356 e. The molecule has 9 nitrogen and oxygen atoms in total. The molecule has 2 amide bonds. The highest BCUT2D eigenvalue weighted by Crippen LogP contribution is 2.34. The van der Waals surface area contributed by atoms with E-state index in [1.54, 1.807) is 0 Å². The van der Waals surface area contributed by atoms with Gasteiger partial charge in [0.2, 0.25) is 5.91 Å². The topological polar surface area (TPSA) is 142 Å². The molecule has 2 aliphatic heterocycles. The number of β-lactam (4-membered cyclic amide) rings is 1. The van der Waals surface area contributed by atoms with Crippen molar-refractivity contribution in [3.05, 3.63) is 41.3 Å². The van der Waals surface area contributed by atoms with Gasteiger partial charge in [-0.1, -0.05) is 19.1 Å². The number of benzene rings is 1. The predicted molar refractivity (Wildman–Crippen MR) is 93.1 cm³/mol. The Morgan fingerprint density at radius 2 is 2.04 bits per heavy atom. The number of carboxylic acid groups (broad SMARTS) is 1. The van der Waals surface area contributed by atoms with Gasteiger partial charge in [0.25, 0.3) is 5.91 Å². The van der Waals surface area contributed by atoms with E-state index in [1.165, 1.54) is 29.2 Å². The van der Waals surface area contributed by atoms with Crippen molar-refractivity contribution in [3.63, 3.8) is 0 Å². The number of amides is 2. The van der Waals surface area contributed by atoms with Crippen LogP contribution in [0, 0.1) is 0 Å². The number of aliphatic carboxylic acids is 1. The molecule has 27 heavy (non-hydrogen) atoms. The summed E-state index contributed by atoms with van der Waals surface area (Å²) in [5.41, 5.74) is 6.23. The molecule has 0 aliphatic carbocycles. The highest BCUT2D eigenvalue weighted by atomic mass is 16.5. The molecule has 3 rings (SSSR count). The summed E-state index contributed by atoms with van der Waals surface area (Å²) in [6, 6.07) is 3.35. The summed E-state index contributed by atoms with van der Waals surface area (Å²) in [4.78, 5) is 37.6. The molecule has 2 aliphatic rings. The summed E-state index contributed by atoms with van der Waals surface area (Å²) in [6.45, 7) is 1.99. The maximum absolute atomic E-state index is 12.5. The van der Waals surface area contributed by atoms with Crippen LogP contribution in [0.25, 0.3) is 0 Å². The lowest BCUT2D eigenvalue weighted by Crippen LogP contribution is -2.73. The van der Waals surface area contributed by atoms with Crippen LogP contribution >= 0.6 is 0 Å². The number of nitrogens with one attached hydrogen (secondary N) is 1. The zero-order valence-corrected chi connectivity index (χ0v) is 14.7. The third-order valence-corrected chi connectivity index (χ3v) is 4.67. The number of fused-ring (bicyclic) bond motifs is 1. The third-order valence-electron chi connectivity index (χ3n) is 4.67. The Morgan fingerprint density at radius 3 is 2.63 bits per heavy atom. The molecule has 0 saturated carbocycles. The highest BCUT2D eigenvalue weighted by molar-refractivity contribution is 6.01. The Labute approximate surface area is 155 Å². The minimum absolute atomic E-state index is 0.0476. The van der Waals surface area contributed by atoms with E-state index in [1.807, 2.05) is 6.92 Å². The highest BCUT2D eigenvalue weighted by Gasteiger charge is 2.54. The Balaban J connectivity index is 1.72. The van der Waals surface area contributed by atoms with Crippen molar-refractivity contribution in [2.75, 3.05) is 6.61 Å². The van der Waals surface area contributed by atoms with Crippen molar-refractivity contribution in [1.29, 1.82) is 0 Å². The Kier molecular flexibility index (Phi) is 5.04. The van der Waals surface area contributed by atoms with Gasteiger partial charge in [0.15, 0.2) is 5.70 Å². The van der Waals surface area contributed by atoms with Gasteiger partial charge in [-0.3, -0.25) is 14.5 Å². The molecule has 0 bridgehead atoms. The van der Waals surface area contributed by atoms with E-state index < -0.39 is 35.9 Å². The molecule has 1 aromatic rings. The monoisotopic (exact) mass is 375 g/mol. The minimum Gasteiger partial charge on any atom is -0.508 e. The number of phenolic OH excluding ortho intramolecular Hbond substituents is 1. The average Bonchev–Trinajstić information content (AvgIpc) is 2.65. The fourth-order valence-corrected chi connectivity index (χ4v) is 3.25. The smallest absolute Gasteiger partial charge is 0.356 e. The maximum atomic E-state index is 12.5. The van der Waals surface area contributed by atoms with E-state index in [0.717, 1.165) is 0 Å². The minimum atomic E-state index is -1.23. The number of carboxylic acids is 1. The van der Waals surface area contributed by atoms with Gasteiger partial charge in [-0.15, -0.1) is 0 Å². The second kappa shape index (κ2) is 7.28. The van der Waals surface area contributed by atoms with Crippen LogP contribution in [0.5, 0.6) is 5.75 Å². The number of nitrogens with two attached hydrogens (primary N) is 1. The van der Waals surface area contributed by atoms with E-state index in [2.05, 4.69) is 5.32 Å². The fraction of sp³-hybridized carbons (Fsp3) is 0.389. The van der Waals surface area contributed by atoms with Gasteiger partial charge in [0, 0.05) is 6.42 Å². The van der Waals surface area contributed by atoms with E-state index in [-0.39, 0.29) is 23.8 Å². The van der Waals surface area contributed by atoms with E-state index in [4.69, 9.17) is 10.5 Å². The number of aromatic hydroxyl groups is 1. The molecular formula is C18H21N3O6. The summed E-state index contributed by atoms with van der Waals surface area (Å²) >= 11 is 0. The van der Waals surface area contributed by atoms with Gasteiger partial charge in [0.05, 0.1) is 0 Å². The molecule has 1 aromatic carbocycles. The molecule has 0 aromatic heterocycles. The SMILES string of the molecule is CCCC1=C(C(=O)O)N2C(=O)[C@@H](NC(=O)[C@H](N)c3ccc(O)cc3)[C@H]2CO1. The van der Waals surface area contributed by atoms with Crippen molar-refractivity contribution in [1.82, 2.24) is 10.2 Å². The number of carbonyl (C=O) groups excluding carboxylic acids is 2. The van der Waals surface area contributed by atoms with Crippen LogP contribution in [0.3, 0.4) is 0 Å². The molecule has 9 heteroatoms. The molecule has 5 N–H and O–H groups in total. The van der Waals surface area contributed by atoms with Crippen LogP contribution in [0.1, 0.15) is 31.4 Å². The first-order valence-corrected chi connectivity index (χ1v) is 8.62. The summed E-state index contributed by atoms with van der Waals surface area (Å²) in [7, 11) is 0. The molecule has 144 valence electrons. The fourth-order valence-electron chi connectivity index (χ4n) is 3.25. The molecule has 3 atom stereocenters. The Bertz CT molecular complexity index is 804. The molecule has 0 radical (unpaired) electrons. The normalized spacial score (nSPS) is 22.4. The van der Waals surface area contributed by atoms with Crippen molar-refractivity contribution in [2.24, 2.45) is 5.73 Å². The zero-order valence-electron chi connectivity index (χ0n) is 14.7. The first-order chi connectivity index (χ1) is 12.8. The van der Waals surface area contributed by atoms with E-state index >= 15 is 0 Å². The van der Waals surface area contributed by atoms with Gasteiger partial charge in [0.1, 0.15) is 36.2 Å². The molecule has 0 spiro atoms. The number of phenols is 1. The first-order valence-electron chi connectivity index (χ1n) is 8.62. The summed E-state index contributed by atoms with van der Waals surface area (Å²) in [5.74, 6) is -1.98. The van der Waals surface area contributed by atoms with Crippen LogP contribution in [-0.4, -0.2) is 51.6 Å². The number of hydrogen-bond donors (Lipinski definition) is 4. The van der Waals surface area contributed by atoms with Gasteiger partial charge in [-0.25, -0.2) is 4.79 Å². The van der Waals surface area contributed by atoms with Crippen molar-refractivity contribution < 1.29 is 29.3 Å². The van der Waals surface area contributed by atoms with Crippen LogP contribution < -0.4 is 11.1 Å².